The molecule has 0 radical (unpaired) electrons. The van der Waals surface area contributed by atoms with Crippen molar-refractivity contribution in [3.05, 3.63) is 42.2 Å². The van der Waals surface area contributed by atoms with Crippen LogP contribution < -0.4 is 10.1 Å². The van der Waals surface area contributed by atoms with Crippen LogP contribution in [0.4, 0.5) is 0 Å². The van der Waals surface area contributed by atoms with Crippen molar-refractivity contribution < 1.29 is 9.47 Å². The normalized spacial score (nSPS) is 15.9. The van der Waals surface area contributed by atoms with Gasteiger partial charge in [-0.05, 0) is 37.4 Å². The summed E-state index contributed by atoms with van der Waals surface area (Å²) in [6.45, 7) is 3.65. The summed E-state index contributed by atoms with van der Waals surface area (Å²) in [6.07, 6.45) is 6.01. The number of methoxy groups -OCH3 is 1. The molecule has 1 aliphatic rings. The van der Waals surface area contributed by atoms with Crippen LogP contribution in [0.25, 0.3) is 5.69 Å². The molecule has 1 saturated heterocycles. The molecule has 2 heterocycles. The van der Waals surface area contributed by atoms with Crippen molar-refractivity contribution in [3.63, 3.8) is 0 Å². The molecule has 3 rings (SSSR count). The van der Waals surface area contributed by atoms with Crippen LogP contribution in [-0.4, -0.2) is 36.6 Å². The van der Waals surface area contributed by atoms with Crippen LogP contribution >= 0.6 is 0 Å². The molecular weight excluding hydrogens is 278 g/mol. The molecule has 0 bridgehead atoms. The van der Waals surface area contributed by atoms with E-state index < -0.39 is 0 Å². The maximum absolute atomic E-state index is 5.53. The number of ether oxygens (including phenoxy) is 2. The Morgan fingerprint density at radius 2 is 2.23 bits per heavy atom. The number of benzene rings is 1. The first kappa shape index (κ1) is 15.1. The average molecular weight is 301 g/mol. The molecule has 0 spiro atoms. The standard InChI is InChI=1S/C17H23N3O2/c1-21-17-11-16(20-8-2-7-19-20)4-3-15(17)13-18-12-14-5-9-22-10-6-14/h2-4,7-8,11,14,18H,5-6,9-10,12-13H2,1H3. The first-order valence-corrected chi connectivity index (χ1v) is 7.82. The monoisotopic (exact) mass is 301 g/mol. The van der Waals surface area contributed by atoms with Crippen LogP contribution in [0, 0.1) is 5.92 Å². The SMILES string of the molecule is COc1cc(-n2cccn2)ccc1CNCC1CCOCC1. The predicted molar refractivity (Wildman–Crippen MR) is 85.4 cm³/mol. The van der Waals surface area contributed by atoms with E-state index in [1.54, 1.807) is 13.3 Å². The van der Waals surface area contributed by atoms with Crippen LogP contribution in [0.15, 0.2) is 36.7 Å². The van der Waals surface area contributed by atoms with E-state index in [0.717, 1.165) is 56.5 Å². The third-order valence-corrected chi connectivity index (χ3v) is 4.13. The van der Waals surface area contributed by atoms with Gasteiger partial charge in [-0.25, -0.2) is 4.68 Å². The van der Waals surface area contributed by atoms with Gasteiger partial charge in [-0.15, -0.1) is 0 Å². The fraction of sp³-hybridized carbons (Fsp3) is 0.471. The predicted octanol–water partition coefficient (Wildman–Crippen LogP) is 2.40. The molecule has 5 heteroatoms. The van der Waals surface area contributed by atoms with E-state index in [4.69, 9.17) is 9.47 Å². The molecule has 5 nitrogen and oxygen atoms in total. The average Bonchev–Trinajstić information content (AvgIpc) is 3.10. The summed E-state index contributed by atoms with van der Waals surface area (Å²) in [4.78, 5) is 0. The van der Waals surface area contributed by atoms with E-state index in [1.807, 2.05) is 23.0 Å². The molecular formula is C17H23N3O2. The number of hydrogen-bond donors (Lipinski definition) is 1. The number of nitrogens with zero attached hydrogens (tertiary/aromatic N) is 2. The van der Waals surface area contributed by atoms with Gasteiger partial charge in [0.05, 0.1) is 12.8 Å². The first-order chi connectivity index (χ1) is 10.9. The van der Waals surface area contributed by atoms with Crippen molar-refractivity contribution in [1.82, 2.24) is 15.1 Å². The highest BCUT2D eigenvalue weighted by molar-refractivity contribution is 5.44. The Labute approximate surface area is 131 Å². The van der Waals surface area contributed by atoms with Crippen LogP contribution in [0.1, 0.15) is 18.4 Å². The van der Waals surface area contributed by atoms with E-state index in [1.165, 1.54) is 5.56 Å². The highest BCUT2D eigenvalue weighted by atomic mass is 16.5. The van der Waals surface area contributed by atoms with Gasteiger partial charge in [0.2, 0.25) is 0 Å². The summed E-state index contributed by atoms with van der Waals surface area (Å²) in [6, 6.07) is 8.11. The van der Waals surface area contributed by atoms with E-state index in [0.29, 0.717) is 0 Å². The smallest absolute Gasteiger partial charge is 0.125 e. The molecule has 118 valence electrons. The maximum atomic E-state index is 5.53. The van der Waals surface area contributed by atoms with Crippen LogP contribution in [-0.2, 0) is 11.3 Å². The van der Waals surface area contributed by atoms with Crippen LogP contribution in [0.5, 0.6) is 5.75 Å². The molecule has 22 heavy (non-hydrogen) atoms. The zero-order valence-corrected chi connectivity index (χ0v) is 13.0. The molecule has 1 aromatic heterocycles. The van der Waals surface area contributed by atoms with E-state index >= 15 is 0 Å². The number of aromatic nitrogens is 2. The largest absolute Gasteiger partial charge is 0.496 e. The van der Waals surface area contributed by atoms with E-state index in [-0.39, 0.29) is 0 Å². The Hall–Kier alpha value is -1.85. The Bertz CT molecular complexity index is 578. The molecule has 2 aromatic rings. The Morgan fingerprint density at radius 1 is 1.36 bits per heavy atom. The van der Waals surface area contributed by atoms with Gasteiger partial charge in [0.15, 0.2) is 0 Å². The molecule has 0 aliphatic carbocycles. The van der Waals surface area contributed by atoms with Crippen molar-refractivity contribution in [1.29, 1.82) is 0 Å². The van der Waals surface area contributed by atoms with Gasteiger partial charge in [0, 0.05) is 43.8 Å². The Morgan fingerprint density at radius 3 is 2.95 bits per heavy atom. The molecule has 1 aromatic carbocycles. The van der Waals surface area contributed by atoms with Crippen molar-refractivity contribution in [2.45, 2.75) is 19.4 Å². The fourth-order valence-corrected chi connectivity index (χ4v) is 2.80. The summed E-state index contributed by atoms with van der Waals surface area (Å²) >= 11 is 0. The first-order valence-electron chi connectivity index (χ1n) is 7.82. The lowest BCUT2D eigenvalue weighted by Crippen LogP contribution is -2.27. The van der Waals surface area contributed by atoms with Crippen molar-refractivity contribution in [2.24, 2.45) is 5.92 Å². The van der Waals surface area contributed by atoms with Gasteiger partial charge in [-0.2, -0.15) is 5.10 Å². The summed E-state index contributed by atoms with van der Waals surface area (Å²) in [7, 11) is 1.71. The fourth-order valence-electron chi connectivity index (χ4n) is 2.80. The minimum absolute atomic E-state index is 0.725. The summed E-state index contributed by atoms with van der Waals surface area (Å²) in [5.74, 6) is 1.62. The van der Waals surface area contributed by atoms with Gasteiger partial charge in [0.1, 0.15) is 5.75 Å². The third kappa shape index (κ3) is 3.67. The Kier molecular flexibility index (Phi) is 5.08. The van der Waals surface area contributed by atoms with Crippen LogP contribution in [0.2, 0.25) is 0 Å². The lowest BCUT2D eigenvalue weighted by atomic mass is 10.0. The van der Waals surface area contributed by atoms with Gasteiger partial charge in [-0.1, -0.05) is 6.07 Å². The van der Waals surface area contributed by atoms with E-state index in [2.05, 4.69) is 22.5 Å². The number of hydrogen-bond acceptors (Lipinski definition) is 4. The second-order valence-corrected chi connectivity index (χ2v) is 5.63. The second kappa shape index (κ2) is 7.42. The van der Waals surface area contributed by atoms with Crippen molar-refractivity contribution >= 4 is 0 Å². The van der Waals surface area contributed by atoms with Crippen molar-refractivity contribution in [3.8, 4) is 11.4 Å². The zero-order chi connectivity index (χ0) is 15.2. The Balaban J connectivity index is 1.60. The minimum Gasteiger partial charge on any atom is -0.496 e. The maximum Gasteiger partial charge on any atom is 0.125 e. The van der Waals surface area contributed by atoms with Gasteiger partial charge < -0.3 is 14.8 Å². The third-order valence-electron chi connectivity index (χ3n) is 4.13. The molecule has 0 unspecified atom stereocenters. The number of nitrogens with one attached hydrogen (secondary N) is 1. The van der Waals surface area contributed by atoms with Crippen molar-refractivity contribution in [2.75, 3.05) is 26.9 Å². The van der Waals surface area contributed by atoms with Gasteiger partial charge in [-0.3, -0.25) is 0 Å². The van der Waals surface area contributed by atoms with E-state index in [9.17, 15) is 0 Å². The molecule has 0 atom stereocenters. The van der Waals surface area contributed by atoms with Crippen LogP contribution in [0.3, 0.4) is 0 Å². The highest BCUT2D eigenvalue weighted by Gasteiger charge is 2.13. The van der Waals surface area contributed by atoms with Gasteiger partial charge in [0.25, 0.3) is 0 Å². The van der Waals surface area contributed by atoms with Gasteiger partial charge >= 0.3 is 0 Å². The molecule has 0 amide bonds. The second-order valence-electron chi connectivity index (χ2n) is 5.63. The number of rotatable bonds is 6. The lowest BCUT2D eigenvalue weighted by molar-refractivity contribution is 0.0662. The summed E-state index contributed by atoms with van der Waals surface area (Å²) < 4.78 is 12.8. The molecule has 1 N–H and O–H groups in total. The molecule has 1 aliphatic heterocycles. The molecule has 0 saturated carbocycles. The lowest BCUT2D eigenvalue weighted by Gasteiger charge is -2.22. The summed E-state index contributed by atoms with van der Waals surface area (Å²) in [5, 5.41) is 7.79. The highest BCUT2D eigenvalue weighted by Crippen LogP contribution is 2.22. The summed E-state index contributed by atoms with van der Waals surface area (Å²) in [5.41, 5.74) is 2.18. The zero-order valence-electron chi connectivity index (χ0n) is 13.0. The quantitative estimate of drug-likeness (QED) is 0.890. The molecule has 1 fully saturated rings. The topological polar surface area (TPSA) is 48.3 Å². The minimum atomic E-state index is 0.725.